The fraction of sp³-hybridized carbons (Fsp3) is 0.133. The van der Waals surface area contributed by atoms with Crippen LogP contribution in [0.2, 0.25) is 0 Å². The monoisotopic (exact) mass is 319 g/mol. The first-order chi connectivity index (χ1) is 9.24. The van der Waals surface area contributed by atoms with Crippen molar-refractivity contribution in [3.05, 3.63) is 54.1 Å². The standard InChI is InChI=1S/C15H14BrNO2/c1-19-15(18)17-14-9-11(10-16)7-8-13(14)12-5-3-2-4-6-12/h2-9H,10H2,1H3,(H,17,18). The lowest BCUT2D eigenvalue weighted by Gasteiger charge is -2.12. The molecule has 0 saturated carbocycles. The van der Waals surface area contributed by atoms with Gasteiger partial charge in [0.15, 0.2) is 0 Å². The fourth-order valence-electron chi connectivity index (χ4n) is 1.81. The Hall–Kier alpha value is -1.81. The average molecular weight is 320 g/mol. The van der Waals surface area contributed by atoms with Crippen LogP contribution >= 0.6 is 15.9 Å². The van der Waals surface area contributed by atoms with Crippen LogP contribution in [0.3, 0.4) is 0 Å². The summed E-state index contributed by atoms with van der Waals surface area (Å²) in [7, 11) is 1.35. The third-order valence-corrected chi connectivity index (χ3v) is 3.39. The van der Waals surface area contributed by atoms with Crippen molar-refractivity contribution < 1.29 is 9.53 Å². The number of methoxy groups -OCH3 is 1. The Morgan fingerprint density at radius 2 is 1.95 bits per heavy atom. The summed E-state index contributed by atoms with van der Waals surface area (Å²) in [5.74, 6) is 0. The van der Waals surface area contributed by atoms with Gasteiger partial charge in [-0.25, -0.2) is 4.79 Å². The molecule has 19 heavy (non-hydrogen) atoms. The number of halogens is 1. The van der Waals surface area contributed by atoms with Gasteiger partial charge in [0.1, 0.15) is 0 Å². The highest BCUT2D eigenvalue weighted by atomic mass is 79.9. The van der Waals surface area contributed by atoms with Gasteiger partial charge in [-0.3, -0.25) is 5.32 Å². The lowest BCUT2D eigenvalue weighted by molar-refractivity contribution is 0.187. The van der Waals surface area contributed by atoms with Gasteiger partial charge in [0, 0.05) is 10.9 Å². The fourth-order valence-corrected chi connectivity index (χ4v) is 2.16. The molecule has 98 valence electrons. The molecule has 3 nitrogen and oxygen atoms in total. The Morgan fingerprint density at radius 1 is 1.21 bits per heavy atom. The number of alkyl halides is 1. The van der Waals surface area contributed by atoms with E-state index < -0.39 is 6.09 Å². The summed E-state index contributed by atoms with van der Waals surface area (Å²) >= 11 is 3.41. The topological polar surface area (TPSA) is 38.3 Å². The maximum absolute atomic E-state index is 11.4. The Kier molecular flexibility index (Phi) is 4.58. The quantitative estimate of drug-likeness (QED) is 0.850. The van der Waals surface area contributed by atoms with Crippen molar-refractivity contribution in [1.82, 2.24) is 0 Å². The molecule has 2 rings (SSSR count). The summed E-state index contributed by atoms with van der Waals surface area (Å²) in [6.07, 6.45) is -0.469. The van der Waals surface area contributed by atoms with Crippen LogP contribution in [0.1, 0.15) is 5.56 Å². The van der Waals surface area contributed by atoms with E-state index in [0.717, 1.165) is 27.7 Å². The van der Waals surface area contributed by atoms with Gasteiger partial charge in [-0.05, 0) is 17.2 Å². The first kappa shape index (κ1) is 13.6. The third kappa shape index (κ3) is 3.35. The zero-order chi connectivity index (χ0) is 13.7. The van der Waals surface area contributed by atoms with Gasteiger partial charge in [-0.15, -0.1) is 0 Å². The van der Waals surface area contributed by atoms with Crippen molar-refractivity contribution in [2.24, 2.45) is 0 Å². The molecule has 0 aliphatic heterocycles. The highest BCUT2D eigenvalue weighted by Gasteiger charge is 2.09. The number of benzene rings is 2. The van der Waals surface area contributed by atoms with Crippen molar-refractivity contribution in [1.29, 1.82) is 0 Å². The number of carbonyl (C=O) groups is 1. The minimum Gasteiger partial charge on any atom is -0.453 e. The summed E-state index contributed by atoms with van der Waals surface area (Å²) in [6.45, 7) is 0. The molecule has 0 unspecified atom stereocenters. The van der Waals surface area contributed by atoms with Crippen LogP contribution in [0.5, 0.6) is 0 Å². The minimum atomic E-state index is -0.469. The Morgan fingerprint density at radius 3 is 2.58 bits per heavy atom. The number of hydrogen-bond donors (Lipinski definition) is 1. The van der Waals surface area contributed by atoms with E-state index in [1.165, 1.54) is 7.11 Å². The van der Waals surface area contributed by atoms with Crippen LogP contribution in [0.25, 0.3) is 11.1 Å². The molecule has 0 atom stereocenters. The second kappa shape index (κ2) is 6.38. The van der Waals surface area contributed by atoms with Gasteiger partial charge in [0.25, 0.3) is 0 Å². The molecule has 2 aromatic rings. The number of rotatable bonds is 3. The molecule has 0 aromatic heterocycles. The molecule has 1 N–H and O–H groups in total. The lowest BCUT2D eigenvalue weighted by Crippen LogP contribution is -2.12. The summed E-state index contributed by atoms with van der Waals surface area (Å²) in [4.78, 5) is 11.4. The van der Waals surface area contributed by atoms with Crippen molar-refractivity contribution in [2.75, 3.05) is 12.4 Å². The first-order valence-electron chi connectivity index (χ1n) is 5.84. The van der Waals surface area contributed by atoms with Gasteiger partial charge < -0.3 is 4.74 Å². The van der Waals surface area contributed by atoms with E-state index in [9.17, 15) is 4.79 Å². The number of hydrogen-bond acceptors (Lipinski definition) is 2. The summed E-state index contributed by atoms with van der Waals surface area (Å²) in [5.41, 5.74) is 3.85. The largest absolute Gasteiger partial charge is 0.453 e. The van der Waals surface area contributed by atoms with Crippen LogP contribution in [0.15, 0.2) is 48.5 Å². The Bertz CT molecular complexity index is 570. The Balaban J connectivity index is 2.44. The van der Waals surface area contributed by atoms with Gasteiger partial charge >= 0.3 is 6.09 Å². The van der Waals surface area contributed by atoms with Crippen molar-refractivity contribution in [3.63, 3.8) is 0 Å². The highest BCUT2D eigenvalue weighted by Crippen LogP contribution is 2.29. The number of anilines is 1. The molecule has 0 bridgehead atoms. The second-order valence-corrected chi connectivity index (χ2v) is 4.56. The summed E-state index contributed by atoms with van der Waals surface area (Å²) in [5, 5.41) is 3.49. The van der Waals surface area contributed by atoms with Crippen LogP contribution < -0.4 is 5.32 Å². The Labute approximate surface area is 120 Å². The van der Waals surface area contributed by atoms with Gasteiger partial charge in [0.2, 0.25) is 0 Å². The van der Waals surface area contributed by atoms with Crippen molar-refractivity contribution in [2.45, 2.75) is 5.33 Å². The van der Waals surface area contributed by atoms with Crippen molar-refractivity contribution >= 4 is 27.7 Å². The van der Waals surface area contributed by atoms with E-state index in [1.807, 2.05) is 48.5 Å². The second-order valence-electron chi connectivity index (χ2n) is 4.00. The summed E-state index contributed by atoms with van der Waals surface area (Å²) in [6, 6.07) is 15.9. The molecular formula is C15H14BrNO2. The SMILES string of the molecule is COC(=O)Nc1cc(CBr)ccc1-c1ccccc1. The van der Waals surface area contributed by atoms with Gasteiger partial charge in [-0.1, -0.05) is 58.4 Å². The van der Waals surface area contributed by atoms with E-state index in [2.05, 4.69) is 26.0 Å². The first-order valence-corrected chi connectivity index (χ1v) is 6.96. The molecule has 0 saturated heterocycles. The number of nitrogens with one attached hydrogen (secondary N) is 1. The van der Waals surface area contributed by atoms with E-state index in [1.54, 1.807) is 0 Å². The van der Waals surface area contributed by atoms with Crippen LogP contribution in [-0.4, -0.2) is 13.2 Å². The molecule has 0 fully saturated rings. The van der Waals surface area contributed by atoms with Crippen LogP contribution in [0, 0.1) is 0 Å². The zero-order valence-electron chi connectivity index (χ0n) is 10.5. The van der Waals surface area contributed by atoms with E-state index in [0.29, 0.717) is 0 Å². The molecule has 2 aromatic carbocycles. The molecule has 1 amide bonds. The molecule has 0 aliphatic carbocycles. The molecular weight excluding hydrogens is 306 g/mol. The molecule has 0 spiro atoms. The highest BCUT2D eigenvalue weighted by molar-refractivity contribution is 9.08. The van der Waals surface area contributed by atoms with E-state index >= 15 is 0 Å². The normalized spacial score (nSPS) is 10.0. The van der Waals surface area contributed by atoms with Gasteiger partial charge in [-0.2, -0.15) is 0 Å². The smallest absolute Gasteiger partial charge is 0.411 e. The van der Waals surface area contributed by atoms with Crippen LogP contribution in [-0.2, 0) is 10.1 Å². The molecule has 0 aliphatic rings. The predicted molar refractivity (Wildman–Crippen MR) is 80.5 cm³/mol. The number of ether oxygens (including phenoxy) is 1. The zero-order valence-corrected chi connectivity index (χ0v) is 12.1. The molecule has 0 radical (unpaired) electrons. The van der Waals surface area contributed by atoms with E-state index in [-0.39, 0.29) is 0 Å². The van der Waals surface area contributed by atoms with Crippen molar-refractivity contribution in [3.8, 4) is 11.1 Å². The van der Waals surface area contributed by atoms with Gasteiger partial charge in [0.05, 0.1) is 12.8 Å². The van der Waals surface area contributed by atoms with E-state index in [4.69, 9.17) is 0 Å². The average Bonchev–Trinajstić information content (AvgIpc) is 2.48. The number of amides is 1. The molecule has 0 heterocycles. The molecule has 4 heteroatoms. The summed E-state index contributed by atoms with van der Waals surface area (Å²) < 4.78 is 4.66. The maximum Gasteiger partial charge on any atom is 0.411 e. The maximum atomic E-state index is 11.4. The minimum absolute atomic E-state index is 0.469. The third-order valence-electron chi connectivity index (χ3n) is 2.75. The lowest BCUT2D eigenvalue weighted by atomic mass is 10.0. The number of carbonyl (C=O) groups excluding carboxylic acids is 1. The predicted octanol–water partition coefficient (Wildman–Crippen LogP) is 4.43. The van der Waals surface area contributed by atoms with Crippen LogP contribution in [0.4, 0.5) is 10.5 Å².